The fourth-order valence-electron chi connectivity index (χ4n) is 2.12. The van der Waals surface area contributed by atoms with Crippen molar-refractivity contribution in [3.63, 3.8) is 0 Å². The quantitative estimate of drug-likeness (QED) is 0.799. The number of amides is 1. The molecule has 2 N–H and O–H groups in total. The molecule has 7 heteroatoms. The molecule has 0 radical (unpaired) electrons. The van der Waals surface area contributed by atoms with Crippen LogP contribution in [-0.2, 0) is 4.79 Å². The zero-order chi connectivity index (χ0) is 12.8. The molecule has 1 aliphatic carbocycles. The lowest BCUT2D eigenvalue weighted by Gasteiger charge is -2.31. The summed E-state index contributed by atoms with van der Waals surface area (Å²) in [5.41, 5.74) is -0.655. The Bertz CT molecular complexity index is 433. The first-order valence-corrected chi connectivity index (χ1v) is 6.93. The molecule has 18 heavy (non-hydrogen) atoms. The van der Waals surface area contributed by atoms with Gasteiger partial charge in [0, 0.05) is 0 Å². The predicted molar refractivity (Wildman–Crippen MR) is 66.7 cm³/mol. The van der Waals surface area contributed by atoms with Crippen molar-refractivity contribution in [2.45, 2.75) is 42.8 Å². The monoisotopic (exact) mass is 265 g/mol. The number of nitrogens with zero attached hydrogens (tertiary/aromatic N) is 3. The lowest BCUT2D eigenvalue weighted by molar-refractivity contribution is -0.120. The molecule has 1 aliphatic rings. The lowest BCUT2D eigenvalue weighted by atomic mass is 9.83. The number of carbonyl (C=O) groups is 1. The van der Waals surface area contributed by atoms with Crippen molar-refractivity contribution >= 4 is 17.7 Å². The van der Waals surface area contributed by atoms with Gasteiger partial charge < -0.3 is 5.32 Å². The number of hydrogen-bond acceptors (Lipinski definition) is 5. The smallest absolute Gasteiger partial charge is 0.231 e. The zero-order valence-corrected chi connectivity index (χ0v) is 10.8. The van der Waals surface area contributed by atoms with Crippen molar-refractivity contribution in [1.82, 2.24) is 20.5 Å². The number of nitriles is 1. The van der Waals surface area contributed by atoms with Gasteiger partial charge >= 0.3 is 0 Å². The van der Waals surface area contributed by atoms with Crippen LogP contribution in [0.1, 0.15) is 32.1 Å². The minimum Gasteiger partial charge on any atom is -0.337 e. The molecule has 0 atom stereocenters. The Labute approximate surface area is 110 Å². The van der Waals surface area contributed by atoms with E-state index in [4.69, 9.17) is 0 Å². The largest absolute Gasteiger partial charge is 0.337 e. The Kier molecular flexibility index (Phi) is 4.20. The maximum Gasteiger partial charge on any atom is 0.231 e. The molecule has 0 unspecified atom stereocenters. The van der Waals surface area contributed by atoms with Gasteiger partial charge in [-0.05, 0) is 12.8 Å². The van der Waals surface area contributed by atoms with E-state index in [0.29, 0.717) is 5.16 Å². The predicted octanol–water partition coefficient (Wildman–Crippen LogP) is 1.24. The SMILES string of the molecule is N#CC1(NC(=O)CSc2ncn[nH]2)CCCCC1. The number of aromatic nitrogens is 3. The summed E-state index contributed by atoms with van der Waals surface area (Å²) in [6, 6.07) is 2.26. The van der Waals surface area contributed by atoms with Gasteiger partial charge in [0.15, 0.2) is 5.16 Å². The van der Waals surface area contributed by atoms with Gasteiger partial charge in [-0.2, -0.15) is 10.4 Å². The Morgan fingerprint density at radius 3 is 2.94 bits per heavy atom. The Morgan fingerprint density at radius 1 is 1.56 bits per heavy atom. The highest BCUT2D eigenvalue weighted by atomic mass is 32.2. The molecule has 1 aromatic rings. The van der Waals surface area contributed by atoms with Crippen molar-refractivity contribution in [2.24, 2.45) is 0 Å². The van der Waals surface area contributed by atoms with Gasteiger partial charge in [-0.3, -0.25) is 9.89 Å². The van der Waals surface area contributed by atoms with E-state index in [1.54, 1.807) is 0 Å². The molecule has 0 saturated heterocycles. The number of carbonyl (C=O) groups excluding carboxylic acids is 1. The molecule has 0 bridgehead atoms. The van der Waals surface area contributed by atoms with Crippen LogP contribution in [0.5, 0.6) is 0 Å². The molecule has 1 saturated carbocycles. The average molecular weight is 265 g/mol. The van der Waals surface area contributed by atoms with Crippen LogP contribution in [0.25, 0.3) is 0 Å². The van der Waals surface area contributed by atoms with Gasteiger partial charge in [-0.15, -0.1) is 0 Å². The molecule has 1 fully saturated rings. The highest BCUT2D eigenvalue weighted by molar-refractivity contribution is 7.99. The molecule has 0 spiro atoms. The number of thioether (sulfide) groups is 1. The van der Waals surface area contributed by atoms with E-state index in [-0.39, 0.29) is 11.7 Å². The molecular formula is C11H15N5OS. The molecule has 2 rings (SSSR count). The van der Waals surface area contributed by atoms with E-state index in [2.05, 4.69) is 26.6 Å². The number of nitrogens with one attached hydrogen (secondary N) is 2. The van der Waals surface area contributed by atoms with Gasteiger partial charge in [0.1, 0.15) is 11.9 Å². The van der Waals surface area contributed by atoms with Crippen LogP contribution in [0.4, 0.5) is 0 Å². The summed E-state index contributed by atoms with van der Waals surface area (Å²) in [5.74, 6) is 0.123. The molecule has 96 valence electrons. The highest BCUT2D eigenvalue weighted by Gasteiger charge is 2.33. The summed E-state index contributed by atoms with van der Waals surface area (Å²) in [4.78, 5) is 15.7. The molecule has 1 heterocycles. The third-order valence-corrected chi connectivity index (χ3v) is 3.91. The van der Waals surface area contributed by atoms with Gasteiger partial charge in [0.2, 0.25) is 5.91 Å². The summed E-state index contributed by atoms with van der Waals surface area (Å²) in [6.07, 6.45) is 6.06. The molecular weight excluding hydrogens is 250 g/mol. The Balaban J connectivity index is 1.84. The van der Waals surface area contributed by atoms with Gasteiger partial charge in [-0.25, -0.2) is 4.98 Å². The van der Waals surface area contributed by atoms with E-state index in [9.17, 15) is 10.1 Å². The standard InChI is InChI=1S/C11H15N5OS/c12-7-11(4-2-1-3-5-11)15-9(17)6-18-10-13-8-14-16-10/h8H,1-6H2,(H,15,17)(H,13,14,16). The summed E-state index contributed by atoms with van der Waals surface area (Å²) in [7, 11) is 0. The van der Waals surface area contributed by atoms with Crippen molar-refractivity contribution in [3.8, 4) is 6.07 Å². The van der Waals surface area contributed by atoms with Crippen LogP contribution in [-0.4, -0.2) is 32.4 Å². The number of H-pyrrole nitrogens is 1. The molecule has 1 amide bonds. The zero-order valence-electron chi connectivity index (χ0n) is 9.98. The van der Waals surface area contributed by atoms with Crippen LogP contribution in [0.15, 0.2) is 11.5 Å². The minimum absolute atomic E-state index is 0.125. The topological polar surface area (TPSA) is 94.5 Å². The van der Waals surface area contributed by atoms with Crippen molar-refractivity contribution in [2.75, 3.05) is 5.75 Å². The van der Waals surface area contributed by atoms with E-state index in [0.717, 1.165) is 32.1 Å². The summed E-state index contributed by atoms with van der Waals surface area (Å²) >= 11 is 1.28. The third kappa shape index (κ3) is 3.23. The maximum absolute atomic E-state index is 11.8. The molecule has 0 aliphatic heterocycles. The molecule has 0 aromatic carbocycles. The van der Waals surface area contributed by atoms with Crippen molar-refractivity contribution in [1.29, 1.82) is 5.26 Å². The first kappa shape index (κ1) is 12.9. The number of hydrogen-bond donors (Lipinski definition) is 2. The van der Waals surface area contributed by atoms with Crippen molar-refractivity contribution in [3.05, 3.63) is 6.33 Å². The van der Waals surface area contributed by atoms with Crippen LogP contribution >= 0.6 is 11.8 Å². The minimum atomic E-state index is -0.655. The van der Waals surface area contributed by atoms with Crippen LogP contribution in [0.3, 0.4) is 0 Å². The molecule has 6 nitrogen and oxygen atoms in total. The lowest BCUT2D eigenvalue weighted by Crippen LogP contribution is -2.49. The maximum atomic E-state index is 11.8. The second-order valence-corrected chi connectivity index (χ2v) is 5.35. The van der Waals surface area contributed by atoms with Gasteiger partial charge in [-0.1, -0.05) is 31.0 Å². The molecule has 1 aromatic heterocycles. The van der Waals surface area contributed by atoms with Crippen LogP contribution in [0.2, 0.25) is 0 Å². The number of rotatable bonds is 4. The third-order valence-electron chi connectivity index (χ3n) is 3.03. The van der Waals surface area contributed by atoms with E-state index >= 15 is 0 Å². The second kappa shape index (κ2) is 5.87. The Hall–Kier alpha value is -1.55. The van der Waals surface area contributed by atoms with Crippen molar-refractivity contribution < 1.29 is 4.79 Å². The summed E-state index contributed by atoms with van der Waals surface area (Å²) in [5, 5.41) is 19.1. The van der Waals surface area contributed by atoms with Crippen LogP contribution < -0.4 is 5.32 Å². The number of aromatic amines is 1. The second-order valence-electron chi connectivity index (χ2n) is 4.38. The normalized spacial score (nSPS) is 17.9. The highest BCUT2D eigenvalue weighted by Crippen LogP contribution is 2.27. The van der Waals surface area contributed by atoms with Gasteiger partial charge in [0.05, 0.1) is 11.8 Å². The first-order chi connectivity index (χ1) is 8.74. The van der Waals surface area contributed by atoms with Crippen LogP contribution in [0, 0.1) is 11.3 Å². The van der Waals surface area contributed by atoms with E-state index < -0.39 is 5.54 Å². The fraction of sp³-hybridized carbons (Fsp3) is 0.636. The first-order valence-electron chi connectivity index (χ1n) is 5.94. The Morgan fingerprint density at radius 2 is 2.33 bits per heavy atom. The van der Waals surface area contributed by atoms with Gasteiger partial charge in [0.25, 0.3) is 0 Å². The fourth-order valence-corrected chi connectivity index (χ4v) is 2.70. The summed E-state index contributed by atoms with van der Waals surface area (Å²) in [6.45, 7) is 0. The summed E-state index contributed by atoms with van der Waals surface area (Å²) < 4.78 is 0. The average Bonchev–Trinajstić information content (AvgIpc) is 2.91. The van der Waals surface area contributed by atoms with E-state index in [1.165, 1.54) is 18.1 Å². The van der Waals surface area contributed by atoms with E-state index in [1.807, 2.05) is 0 Å².